The highest BCUT2D eigenvalue weighted by atomic mass is 79.9. The predicted octanol–water partition coefficient (Wildman–Crippen LogP) is 2.13. The monoisotopic (exact) mass is 274 g/mol. The maximum atomic E-state index is 12.7. The van der Waals surface area contributed by atoms with Crippen LogP contribution in [0.5, 0.6) is 0 Å². The van der Waals surface area contributed by atoms with Gasteiger partial charge in [-0.15, -0.1) is 0 Å². The molecule has 0 radical (unpaired) electrons. The Kier molecular flexibility index (Phi) is 5.25. The molecule has 0 aromatic carbocycles. The number of unbranched alkanes of at least 4 members (excludes halogenated alkanes) is 1. The number of amides is 1. The largest absolute Gasteiger partial charge is 0.352 e. The minimum absolute atomic E-state index is 0.258. The fourth-order valence-corrected chi connectivity index (χ4v) is 1.46. The second kappa shape index (κ2) is 6.50. The number of carbonyl (C=O) groups excluding carboxylic acids is 1. The van der Waals surface area contributed by atoms with Crippen LogP contribution in [-0.4, -0.2) is 22.8 Å². The molecule has 0 bridgehead atoms. The maximum absolute atomic E-state index is 12.7. The van der Waals surface area contributed by atoms with Crippen LogP contribution in [-0.2, 0) is 0 Å². The van der Waals surface area contributed by atoms with E-state index in [9.17, 15) is 9.18 Å². The van der Waals surface area contributed by atoms with Crippen molar-refractivity contribution in [3.63, 3.8) is 0 Å². The Labute approximate surface area is 96.2 Å². The number of aromatic nitrogens is 1. The summed E-state index contributed by atoms with van der Waals surface area (Å²) in [4.78, 5) is 15.0. The number of hydrogen-bond donors (Lipinski definition) is 1. The molecule has 0 saturated heterocycles. The number of rotatable bonds is 5. The summed E-state index contributed by atoms with van der Waals surface area (Å²) in [5.74, 6) is -0.778. The molecular formula is C10H12BrFN2O. The molecule has 82 valence electrons. The molecule has 0 aliphatic rings. The lowest BCUT2D eigenvalue weighted by Gasteiger charge is -2.03. The van der Waals surface area contributed by atoms with Crippen molar-refractivity contribution in [2.24, 2.45) is 0 Å². The van der Waals surface area contributed by atoms with Crippen molar-refractivity contribution in [1.29, 1.82) is 0 Å². The Morgan fingerprint density at radius 2 is 2.27 bits per heavy atom. The Bertz CT molecular complexity index is 333. The first-order chi connectivity index (χ1) is 7.24. The van der Waals surface area contributed by atoms with Gasteiger partial charge in [0.1, 0.15) is 5.82 Å². The number of halogens is 2. The van der Waals surface area contributed by atoms with E-state index in [0.717, 1.165) is 24.4 Å². The van der Waals surface area contributed by atoms with E-state index in [1.807, 2.05) is 0 Å². The summed E-state index contributed by atoms with van der Waals surface area (Å²) in [5.41, 5.74) is 0.258. The maximum Gasteiger partial charge on any atom is 0.252 e. The van der Waals surface area contributed by atoms with Gasteiger partial charge in [0.25, 0.3) is 5.91 Å². The van der Waals surface area contributed by atoms with E-state index in [2.05, 4.69) is 26.2 Å². The van der Waals surface area contributed by atoms with E-state index in [0.29, 0.717) is 6.54 Å². The van der Waals surface area contributed by atoms with Crippen molar-refractivity contribution in [3.05, 3.63) is 29.8 Å². The standard InChI is InChI=1S/C10H12BrFN2O/c11-3-1-2-4-14-10(15)8-5-9(12)7-13-6-8/h5-7H,1-4H2,(H,14,15). The topological polar surface area (TPSA) is 42.0 Å². The van der Waals surface area contributed by atoms with Gasteiger partial charge in [0, 0.05) is 18.1 Å². The summed E-state index contributed by atoms with van der Waals surface area (Å²) in [6.07, 6.45) is 4.33. The van der Waals surface area contributed by atoms with Gasteiger partial charge in [-0.2, -0.15) is 0 Å². The summed E-state index contributed by atoms with van der Waals surface area (Å²) in [6, 6.07) is 1.17. The second-order valence-corrected chi connectivity index (χ2v) is 3.84. The smallest absolute Gasteiger partial charge is 0.252 e. The highest BCUT2D eigenvalue weighted by Gasteiger charge is 2.05. The van der Waals surface area contributed by atoms with Gasteiger partial charge in [-0.3, -0.25) is 9.78 Å². The van der Waals surface area contributed by atoms with Gasteiger partial charge in [0.05, 0.1) is 11.8 Å². The summed E-state index contributed by atoms with van der Waals surface area (Å²) in [7, 11) is 0. The Morgan fingerprint density at radius 3 is 2.93 bits per heavy atom. The van der Waals surface area contributed by atoms with Gasteiger partial charge in [0.2, 0.25) is 0 Å². The van der Waals surface area contributed by atoms with Gasteiger partial charge < -0.3 is 5.32 Å². The molecule has 1 heterocycles. The summed E-state index contributed by atoms with van der Waals surface area (Å²) < 4.78 is 12.7. The molecule has 0 aliphatic heterocycles. The molecule has 1 N–H and O–H groups in total. The van der Waals surface area contributed by atoms with Gasteiger partial charge in [-0.25, -0.2) is 4.39 Å². The number of nitrogens with one attached hydrogen (secondary N) is 1. The molecule has 1 aromatic heterocycles. The van der Waals surface area contributed by atoms with Gasteiger partial charge in [-0.05, 0) is 18.9 Å². The van der Waals surface area contributed by atoms with Crippen LogP contribution in [0.25, 0.3) is 0 Å². The van der Waals surface area contributed by atoms with Crippen LogP contribution in [0.4, 0.5) is 4.39 Å². The number of pyridine rings is 1. The van der Waals surface area contributed by atoms with Crippen LogP contribution < -0.4 is 5.32 Å². The lowest BCUT2D eigenvalue weighted by atomic mass is 10.2. The Balaban J connectivity index is 2.40. The van der Waals surface area contributed by atoms with E-state index >= 15 is 0 Å². The average molecular weight is 275 g/mol. The normalized spacial score (nSPS) is 10.0. The SMILES string of the molecule is O=C(NCCCCBr)c1cncc(F)c1. The second-order valence-electron chi connectivity index (χ2n) is 3.04. The first-order valence-electron chi connectivity index (χ1n) is 4.69. The third-order valence-electron chi connectivity index (χ3n) is 1.81. The van der Waals surface area contributed by atoms with Crippen LogP contribution in [0.3, 0.4) is 0 Å². The van der Waals surface area contributed by atoms with Crippen molar-refractivity contribution in [1.82, 2.24) is 10.3 Å². The molecule has 0 spiro atoms. The number of hydrogen-bond acceptors (Lipinski definition) is 2. The average Bonchev–Trinajstić information content (AvgIpc) is 2.24. The summed E-state index contributed by atoms with van der Waals surface area (Å²) in [6.45, 7) is 0.598. The number of carbonyl (C=O) groups is 1. The first-order valence-corrected chi connectivity index (χ1v) is 5.81. The fraction of sp³-hybridized carbons (Fsp3) is 0.400. The molecule has 5 heteroatoms. The van der Waals surface area contributed by atoms with Crippen molar-refractivity contribution >= 4 is 21.8 Å². The molecule has 0 saturated carbocycles. The minimum atomic E-state index is -0.497. The zero-order valence-corrected chi connectivity index (χ0v) is 9.76. The molecular weight excluding hydrogens is 263 g/mol. The molecule has 0 unspecified atom stereocenters. The van der Waals surface area contributed by atoms with E-state index in [1.165, 1.54) is 12.3 Å². The molecule has 1 aromatic rings. The van der Waals surface area contributed by atoms with Crippen molar-refractivity contribution in [3.8, 4) is 0 Å². The highest BCUT2D eigenvalue weighted by Crippen LogP contribution is 2.00. The van der Waals surface area contributed by atoms with Gasteiger partial charge in [-0.1, -0.05) is 15.9 Å². The molecule has 0 fully saturated rings. The lowest BCUT2D eigenvalue weighted by Crippen LogP contribution is -2.24. The third-order valence-corrected chi connectivity index (χ3v) is 2.37. The molecule has 0 atom stereocenters. The minimum Gasteiger partial charge on any atom is -0.352 e. The molecule has 15 heavy (non-hydrogen) atoms. The highest BCUT2D eigenvalue weighted by molar-refractivity contribution is 9.09. The number of alkyl halides is 1. The van der Waals surface area contributed by atoms with E-state index in [1.54, 1.807) is 0 Å². The molecule has 1 rings (SSSR count). The van der Waals surface area contributed by atoms with Crippen molar-refractivity contribution in [2.75, 3.05) is 11.9 Å². The van der Waals surface area contributed by atoms with Gasteiger partial charge in [0.15, 0.2) is 0 Å². The third kappa shape index (κ3) is 4.38. The van der Waals surface area contributed by atoms with Crippen LogP contribution in [0.2, 0.25) is 0 Å². The van der Waals surface area contributed by atoms with Crippen molar-refractivity contribution < 1.29 is 9.18 Å². The predicted molar refractivity (Wildman–Crippen MR) is 59.6 cm³/mol. The summed E-state index contributed by atoms with van der Waals surface area (Å²) >= 11 is 3.30. The van der Waals surface area contributed by atoms with Crippen molar-refractivity contribution in [2.45, 2.75) is 12.8 Å². The Hall–Kier alpha value is -0.970. The molecule has 3 nitrogen and oxygen atoms in total. The van der Waals surface area contributed by atoms with Crippen LogP contribution in [0.1, 0.15) is 23.2 Å². The van der Waals surface area contributed by atoms with E-state index in [-0.39, 0.29) is 11.5 Å². The van der Waals surface area contributed by atoms with Crippen LogP contribution in [0, 0.1) is 5.82 Å². The van der Waals surface area contributed by atoms with Crippen LogP contribution in [0.15, 0.2) is 18.5 Å². The van der Waals surface area contributed by atoms with E-state index < -0.39 is 5.82 Å². The zero-order valence-electron chi connectivity index (χ0n) is 8.17. The lowest BCUT2D eigenvalue weighted by molar-refractivity contribution is 0.0952. The molecule has 1 amide bonds. The fourth-order valence-electron chi connectivity index (χ4n) is 1.06. The Morgan fingerprint density at radius 1 is 1.47 bits per heavy atom. The molecule has 0 aliphatic carbocycles. The quantitative estimate of drug-likeness (QED) is 0.660. The summed E-state index contributed by atoms with van der Waals surface area (Å²) in [5, 5.41) is 3.62. The number of nitrogens with zero attached hydrogens (tertiary/aromatic N) is 1. The first kappa shape index (κ1) is 12.1. The van der Waals surface area contributed by atoms with Gasteiger partial charge >= 0.3 is 0 Å². The van der Waals surface area contributed by atoms with Crippen LogP contribution >= 0.6 is 15.9 Å². The van der Waals surface area contributed by atoms with E-state index in [4.69, 9.17) is 0 Å². The zero-order chi connectivity index (χ0) is 11.1.